The number of aromatic nitrogens is 2. The van der Waals surface area contributed by atoms with Crippen LogP contribution in [0.2, 0.25) is 0 Å². The summed E-state index contributed by atoms with van der Waals surface area (Å²) < 4.78 is 5.85. The topological polar surface area (TPSA) is 99.7 Å². The molecule has 2 aliphatic rings. The normalized spacial score (nSPS) is 23.6. The lowest BCUT2D eigenvalue weighted by Gasteiger charge is -2.35. The molecule has 0 spiro atoms. The summed E-state index contributed by atoms with van der Waals surface area (Å²) in [6.45, 7) is 7.96. The van der Waals surface area contributed by atoms with Crippen LogP contribution in [0.5, 0.6) is 5.75 Å². The van der Waals surface area contributed by atoms with Gasteiger partial charge >= 0.3 is 5.97 Å². The minimum Gasteiger partial charge on any atom is -0.426 e. The molecule has 6 nitrogen and oxygen atoms in total. The smallest absolute Gasteiger partial charge is 0.324 e. The molecule has 2 aromatic rings. The average molecular weight is 372 g/mol. The Hall–Kier alpha value is -3.25. The third kappa shape index (κ3) is 2.21. The molecule has 0 N–H and O–H groups in total. The number of nitriles is 2. The molecule has 1 fully saturated rings. The van der Waals surface area contributed by atoms with Gasteiger partial charge in [0.25, 0.3) is 0 Å². The van der Waals surface area contributed by atoms with E-state index in [1.807, 2.05) is 58.0 Å². The molecular weight excluding hydrogens is 352 g/mol. The number of rotatable bonds is 2. The van der Waals surface area contributed by atoms with Crippen LogP contribution < -0.4 is 4.74 Å². The first-order valence-corrected chi connectivity index (χ1v) is 9.28. The van der Waals surface area contributed by atoms with E-state index in [4.69, 9.17) is 4.74 Å². The summed E-state index contributed by atoms with van der Waals surface area (Å²) in [5.74, 6) is 0.139. The van der Waals surface area contributed by atoms with Gasteiger partial charge in [0.1, 0.15) is 23.3 Å². The molecule has 1 aromatic carbocycles. The molecule has 28 heavy (non-hydrogen) atoms. The largest absolute Gasteiger partial charge is 0.426 e. The zero-order valence-corrected chi connectivity index (χ0v) is 16.3. The number of carbonyl (C=O) groups excluding carboxylic acids is 1. The fraction of sp³-hybridized carbons (Fsp3) is 0.409. The van der Waals surface area contributed by atoms with Gasteiger partial charge in [-0.25, -0.2) is 9.97 Å². The van der Waals surface area contributed by atoms with Crippen LogP contribution in [0.3, 0.4) is 0 Å². The number of esters is 1. The molecule has 0 amide bonds. The van der Waals surface area contributed by atoms with Crippen LogP contribution in [-0.4, -0.2) is 15.9 Å². The molecular formula is C22H20N4O2. The maximum Gasteiger partial charge on any atom is 0.324 e. The highest BCUT2D eigenvalue weighted by atomic mass is 16.5. The highest BCUT2D eigenvalue weighted by Gasteiger charge is 2.69. The summed E-state index contributed by atoms with van der Waals surface area (Å²) in [6, 6.07) is 9.57. The number of hydrogen-bond acceptors (Lipinski definition) is 6. The average Bonchev–Trinajstić information content (AvgIpc) is 3.01. The summed E-state index contributed by atoms with van der Waals surface area (Å²) in [4.78, 5) is 22.4. The van der Waals surface area contributed by atoms with Crippen LogP contribution >= 0.6 is 0 Å². The summed E-state index contributed by atoms with van der Waals surface area (Å²) in [7, 11) is 0. The van der Waals surface area contributed by atoms with Crippen LogP contribution in [0.1, 0.15) is 66.5 Å². The van der Waals surface area contributed by atoms with E-state index in [0.29, 0.717) is 23.6 Å². The van der Waals surface area contributed by atoms with Gasteiger partial charge in [0, 0.05) is 5.92 Å². The molecule has 1 aromatic heterocycles. The molecule has 4 rings (SSSR count). The van der Waals surface area contributed by atoms with Gasteiger partial charge in [-0.3, -0.25) is 4.79 Å². The number of aryl methyl sites for hydroxylation is 2. The molecule has 6 heteroatoms. The van der Waals surface area contributed by atoms with Gasteiger partial charge in [-0.05, 0) is 55.4 Å². The maximum atomic E-state index is 13.5. The van der Waals surface area contributed by atoms with E-state index in [-0.39, 0.29) is 23.3 Å². The number of nitrogens with zero attached hydrogens (tertiary/aromatic N) is 4. The Kier molecular flexibility index (Phi) is 3.80. The van der Waals surface area contributed by atoms with Crippen molar-refractivity contribution in [2.24, 2.45) is 5.41 Å². The van der Waals surface area contributed by atoms with Gasteiger partial charge in [-0.1, -0.05) is 19.9 Å². The number of hydrogen-bond donors (Lipinski definition) is 0. The second kappa shape index (κ2) is 5.87. The van der Waals surface area contributed by atoms with Crippen LogP contribution in [0.4, 0.5) is 0 Å². The van der Waals surface area contributed by atoms with Gasteiger partial charge in [0.2, 0.25) is 0 Å². The van der Waals surface area contributed by atoms with Crippen molar-refractivity contribution in [1.29, 1.82) is 10.5 Å². The maximum absolute atomic E-state index is 13.5. The fourth-order valence-electron chi connectivity index (χ4n) is 5.05. The molecule has 140 valence electrons. The summed E-state index contributed by atoms with van der Waals surface area (Å²) in [6.07, 6.45) is 1.36. The molecule has 2 aliphatic carbocycles. The molecule has 0 radical (unpaired) electrons. The van der Waals surface area contributed by atoms with Crippen LogP contribution in [-0.2, 0) is 10.2 Å². The Labute approximate surface area is 163 Å². The molecule has 1 heterocycles. The van der Waals surface area contributed by atoms with Crippen molar-refractivity contribution in [3.8, 4) is 17.9 Å². The zero-order chi connectivity index (χ0) is 20.3. The molecule has 0 aliphatic heterocycles. The first-order valence-electron chi connectivity index (χ1n) is 9.28. The van der Waals surface area contributed by atoms with Crippen molar-refractivity contribution < 1.29 is 9.53 Å². The molecule has 2 bridgehead atoms. The van der Waals surface area contributed by atoms with Crippen LogP contribution in [0.25, 0.3) is 0 Å². The summed E-state index contributed by atoms with van der Waals surface area (Å²) in [5, 5.41) is 18.7. The highest BCUT2D eigenvalue weighted by Crippen LogP contribution is 2.67. The molecule has 2 unspecified atom stereocenters. The summed E-state index contributed by atoms with van der Waals surface area (Å²) in [5.41, 5.74) is 1.72. The zero-order valence-electron chi connectivity index (χ0n) is 16.3. The van der Waals surface area contributed by atoms with E-state index < -0.39 is 10.8 Å². The highest BCUT2D eigenvalue weighted by molar-refractivity contribution is 5.88. The van der Waals surface area contributed by atoms with Gasteiger partial charge in [-0.15, -0.1) is 0 Å². The van der Waals surface area contributed by atoms with Crippen molar-refractivity contribution in [3.63, 3.8) is 0 Å². The Balaban J connectivity index is 1.85. The van der Waals surface area contributed by atoms with E-state index in [2.05, 4.69) is 9.97 Å². The van der Waals surface area contributed by atoms with Crippen molar-refractivity contribution in [1.82, 2.24) is 9.97 Å². The van der Waals surface area contributed by atoms with Crippen molar-refractivity contribution >= 4 is 5.97 Å². The standard InChI is InChI=1S/C22H20N4O2/c1-12-7-13(2)9-14(8-12)28-20(27)22-6-5-15(21(22,3)4)18-19(22)26-17(11-24)16(10-23)25-18/h7-9,15H,5-6H2,1-4H3. The van der Waals surface area contributed by atoms with Crippen molar-refractivity contribution in [3.05, 3.63) is 52.1 Å². The quantitative estimate of drug-likeness (QED) is 0.590. The fourth-order valence-corrected chi connectivity index (χ4v) is 5.05. The predicted octanol–water partition coefficient (Wildman–Crippen LogP) is 3.60. The lowest BCUT2D eigenvalue weighted by molar-refractivity contribution is -0.144. The number of ether oxygens (including phenoxy) is 1. The third-order valence-electron chi connectivity index (χ3n) is 6.40. The Morgan fingerprint density at radius 3 is 2.32 bits per heavy atom. The number of fused-ring (bicyclic) bond motifs is 5. The second-order valence-corrected chi connectivity index (χ2v) is 8.31. The van der Waals surface area contributed by atoms with Crippen molar-refractivity contribution in [2.75, 3.05) is 0 Å². The monoisotopic (exact) mass is 372 g/mol. The third-order valence-corrected chi connectivity index (χ3v) is 6.40. The number of benzene rings is 1. The first kappa shape index (κ1) is 18.1. The Morgan fingerprint density at radius 2 is 1.71 bits per heavy atom. The van der Waals surface area contributed by atoms with E-state index >= 15 is 0 Å². The SMILES string of the molecule is Cc1cc(C)cc(OC(=O)C23CCC(c4nc(C#N)c(C#N)nc42)C3(C)C)c1. The van der Waals surface area contributed by atoms with Gasteiger partial charge in [0.05, 0.1) is 11.4 Å². The van der Waals surface area contributed by atoms with E-state index in [0.717, 1.165) is 17.5 Å². The van der Waals surface area contributed by atoms with Crippen LogP contribution in [0, 0.1) is 41.9 Å². The van der Waals surface area contributed by atoms with Gasteiger partial charge < -0.3 is 4.74 Å². The minimum absolute atomic E-state index is 0.00152. The lowest BCUT2D eigenvalue weighted by atomic mass is 9.68. The summed E-state index contributed by atoms with van der Waals surface area (Å²) >= 11 is 0. The predicted molar refractivity (Wildman–Crippen MR) is 100 cm³/mol. The van der Waals surface area contributed by atoms with Gasteiger partial charge in [0.15, 0.2) is 11.4 Å². The van der Waals surface area contributed by atoms with E-state index in [9.17, 15) is 15.3 Å². The first-order chi connectivity index (χ1) is 13.2. The van der Waals surface area contributed by atoms with E-state index in [1.165, 1.54) is 0 Å². The lowest BCUT2D eigenvalue weighted by Crippen LogP contribution is -2.46. The van der Waals surface area contributed by atoms with Crippen molar-refractivity contribution in [2.45, 2.75) is 51.9 Å². The molecule has 2 atom stereocenters. The van der Waals surface area contributed by atoms with Gasteiger partial charge in [-0.2, -0.15) is 10.5 Å². The van der Waals surface area contributed by atoms with E-state index in [1.54, 1.807) is 0 Å². The molecule has 1 saturated carbocycles. The second-order valence-electron chi connectivity index (χ2n) is 8.31. The number of carbonyl (C=O) groups is 1. The van der Waals surface area contributed by atoms with Crippen LogP contribution in [0.15, 0.2) is 18.2 Å². The minimum atomic E-state index is -0.975. The molecule has 0 saturated heterocycles. The Bertz CT molecular complexity index is 1090. The Morgan fingerprint density at radius 1 is 1.11 bits per heavy atom.